The third kappa shape index (κ3) is 2.52. The molecule has 2 rings (SSSR count). The average Bonchev–Trinajstić information content (AvgIpc) is 2.31. The first-order chi connectivity index (χ1) is 7.79. The van der Waals surface area contributed by atoms with Crippen LogP contribution in [-0.4, -0.2) is 6.29 Å². The SMILES string of the molecule is O=Cc1ccc(OC2=CCCC=C2)cc1Cl. The molecular formula is C13H11ClO2. The normalized spacial score (nSPS) is 14.4. The number of hydrogen-bond acceptors (Lipinski definition) is 2. The molecule has 1 aromatic carbocycles. The summed E-state index contributed by atoms with van der Waals surface area (Å²) < 4.78 is 5.61. The highest BCUT2D eigenvalue weighted by atomic mass is 35.5. The van der Waals surface area contributed by atoms with Crippen molar-refractivity contribution in [3.8, 4) is 5.75 Å². The zero-order valence-electron chi connectivity index (χ0n) is 8.65. The first kappa shape index (κ1) is 11.0. The van der Waals surface area contributed by atoms with Gasteiger partial charge in [0.15, 0.2) is 6.29 Å². The van der Waals surface area contributed by atoms with E-state index >= 15 is 0 Å². The fourth-order valence-corrected chi connectivity index (χ4v) is 1.68. The van der Waals surface area contributed by atoms with Crippen LogP contribution < -0.4 is 4.74 Å². The first-order valence-corrected chi connectivity index (χ1v) is 5.46. The lowest BCUT2D eigenvalue weighted by Crippen LogP contribution is -1.95. The van der Waals surface area contributed by atoms with Gasteiger partial charge in [0.2, 0.25) is 0 Å². The molecule has 0 amide bonds. The molecule has 3 heteroatoms. The Labute approximate surface area is 99.2 Å². The van der Waals surface area contributed by atoms with E-state index < -0.39 is 0 Å². The first-order valence-electron chi connectivity index (χ1n) is 5.09. The van der Waals surface area contributed by atoms with Gasteiger partial charge in [-0.05, 0) is 37.1 Å². The number of ether oxygens (including phenoxy) is 1. The Kier molecular flexibility index (Phi) is 3.42. The number of carbonyl (C=O) groups excluding carboxylic acids is 1. The van der Waals surface area contributed by atoms with Crippen LogP contribution in [0.25, 0.3) is 0 Å². The standard InChI is InChI=1S/C13H11ClO2/c14-13-8-12(7-6-10(13)9-15)16-11-4-2-1-3-5-11/h2,4-9H,1,3H2. The maximum absolute atomic E-state index is 10.6. The third-order valence-electron chi connectivity index (χ3n) is 2.30. The number of aldehydes is 1. The predicted molar refractivity (Wildman–Crippen MR) is 63.9 cm³/mol. The molecule has 1 aromatic rings. The lowest BCUT2D eigenvalue weighted by atomic mass is 10.2. The highest BCUT2D eigenvalue weighted by Gasteiger charge is 2.04. The molecule has 0 aromatic heterocycles. The van der Waals surface area contributed by atoms with Crippen LogP contribution in [0.2, 0.25) is 5.02 Å². The fourth-order valence-electron chi connectivity index (χ4n) is 1.47. The second-order valence-corrected chi connectivity index (χ2v) is 3.90. The summed E-state index contributed by atoms with van der Waals surface area (Å²) in [7, 11) is 0. The fraction of sp³-hybridized carbons (Fsp3) is 0.154. The minimum Gasteiger partial charge on any atom is -0.458 e. The van der Waals surface area contributed by atoms with Gasteiger partial charge in [0.1, 0.15) is 11.5 Å². The molecule has 1 aliphatic carbocycles. The molecule has 0 spiro atoms. The summed E-state index contributed by atoms with van der Waals surface area (Å²) in [5.74, 6) is 1.47. The highest BCUT2D eigenvalue weighted by Crippen LogP contribution is 2.24. The molecule has 2 nitrogen and oxygen atoms in total. The maximum atomic E-state index is 10.6. The molecule has 82 valence electrons. The second-order valence-electron chi connectivity index (χ2n) is 3.49. The molecule has 0 unspecified atom stereocenters. The van der Waals surface area contributed by atoms with Crippen LogP contribution in [0.1, 0.15) is 23.2 Å². The summed E-state index contributed by atoms with van der Waals surface area (Å²) in [5.41, 5.74) is 0.474. The predicted octanol–water partition coefficient (Wildman–Crippen LogP) is 3.77. The monoisotopic (exact) mass is 234 g/mol. The molecule has 16 heavy (non-hydrogen) atoms. The molecule has 0 heterocycles. The van der Waals surface area contributed by atoms with E-state index in [1.807, 2.05) is 12.2 Å². The number of rotatable bonds is 3. The van der Waals surface area contributed by atoms with E-state index in [0.29, 0.717) is 16.3 Å². The van der Waals surface area contributed by atoms with Crippen molar-refractivity contribution >= 4 is 17.9 Å². The van der Waals surface area contributed by atoms with E-state index in [0.717, 1.165) is 24.9 Å². The molecule has 0 saturated carbocycles. The van der Waals surface area contributed by atoms with Crippen LogP contribution in [0.5, 0.6) is 5.75 Å². The van der Waals surface area contributed by atoms with Gasteiger partial charge in [0, 0.05) is 11.6 Å². The summed E-state index contributed by atoms with van der Waals surface area (Å²) in [6.07, 6.45) is 8.80. The summed E-state index contributed by atoms with van der Waals surface area (Å²) in [6.45, 7) is 0. The van der Waals surface area contributed by atoms with Crippen LogP contribution in [0.15, 0.2) is 42.2 Å². The van der Waals surface area contributed by atoms with Gasteiger partial charge in [0.05, 0.1) is 5.02 Å². The van der Waals surface area contributed by atoms with E-state index in [1.54, 1.807) is 18.2 Å². The molecule has 0 atom stereocenters. The van der Waals surface area contributed by atoms with Crippen LogP contribution in [0, 0.1) is 0 Å². The van der Waals surface area contributed by atoms with Gasteiger partial charge in [-0.1, -0.05) is 17.7 Å². The van der Waals surface area contributed by atoms with Crippen molar-refractivity contribution in [2.24, 2.45) is 0 Å². The number of hydrogen-bond donors (Lipinski definition) is 0. The summed E-state index contributed by atoms with van der Waals surface area (Å²) in [6, 6.07) is 5.03. The lowest BCUT2D eigenvalue weighted by Gasteiger charge is -2.09. The molecule has 0 aliphatic heterocycles. The van der Waals surface area contributed by atoms with Crippen molar-refractivity contribution < 1.29 is 9.53 Å². The van der Waals surface area contributed by atoms with E-state index in [1.165, 1.54) is 0 Å². The number of carbonyl (C=O) groups is 1. The molecule has 0 N–H and O–H groups in total. The summed E-state index contributed by atoms with van der Waals surface area (Å²) in [4.78, 5) is 10.6. The Morgan fingerprint density at radius 2 is 2.19 bits per heavy atom. The topological polar surface area (TPSA) is 26.3 Å². The quantitative estimate of drug-likeness (QED) is 0.745. The van der Waals surface area contributed by atoms with Crippen molar-refractivity contribution in [1.29, 1.82) is 0 Å². The number of halogens is 1. The zero-order chi connectivity index (χ0) is 11.4. The molecule has 1 aliphatic rings. The minimum absolute atomic E-state index is 0.410. The third-order valence-corrected chi connectivity index (χ3v) is 2.62. The van der Waals surface area contributed by atoms with Gasteiger partial charge in [0.25, 0.3) is 0 Å². The van der Waals surface area contributed by atoms with E-state index in [9.17, 15) is 4.79 Å². The van der Waals surface area contributed by atoms with Crippen molar-refractivity contribution in [1.82, 2.24) is 0 Å². The van der Waals surface area contributed by atoms with Gasteiger partial charge in [-0.25, -0.2) is 0 Å². The van der Waals surface area contributed by atoms with E-state index in [-0.39, 0.29) is 0 Å². The summed E-state index contributed by atoms with van der Waals surface area (Å²) in [5, 5.41) is 0.410. The zero-order valence-corrected chi connectivity index (χ0v) is 9.41. The molecule has 0 fully saturated rings. The number of allylic oxidation sites excluding steroid dienone is 3. The molecule has 0 saturated heterocycles. The van der Waals surface area contributed by atoms with Crippen molar-refractivity contribution in [3.05, 3.63) is 52.8 Å². The maximum Gasteiger partial charge on any atom is 0.151 e. The van der Waals surface area contributed by atoms with Gasteiger partial charge < -0.3 is 4.74 Å². The van der Waals surface area contributed by atoms with Crippen LogP contribution in [0.4, 0.5) is 0 Å². The summed E-state index contributed by atoms with van der Waals surface area (Å²) >= 11 is 5.90. The minimum atomic E-state index is 0.410. The van der Waals surface area contributed by atoms with Crippen molar-refractivity contribution in [2.75, 3.05) is 0 Å². The highest BCUT2D eigenvalue weighted by molar-refractivity contribution is 6.33. The largest absolute Gasteiger partial charge is 0.458 e. The Morgan fingerprint density at radius 3 is 2.81 bits per heavy atom. The van der Waals surface area contributed by atoms with Gasteiger partial charge in [-0.3, -0.25) is 4.79 Å². The number of benzene rings is 1. The Bertz CT molecular complexity index is 461. The molecule has 0 radical (unpaired) electrons. The second kappa shape index (κ2) is 4.99. The van der Waals surface area contributed by atoms with Crippen LogP contribution >= 0.6 is 11.6 Å². The van der Waals surface area contributed by atoms with Crippen molar-refractivity contribution in [2.45, 2.75) is 12.8 Å². The molecule has 0 bridgehead atoms. The lowest BCUT2D eigenvalue weighted by molar-refractivity contribution is 0.112. The van der Waals surface area contributed by atoms with E-state index in [4.69, 9.17) is 16.3 Å². The van der Waals surface area contributed by atoms with Gasteiger partial charge in [-0.2, -0.15) is 0 Å². The van der Waals surface area contributed by atoms with Gasteiger partial charge in [-0.15, -0.1) is 0 Å². The Hall–Kier alpha value is -1.54. The molecular weight excluding hydrogens is 224 g/mol. The smallest absolute Gasteiger partial charge is 0.151 e. The van der Waals surface area contributed by atoms with E-state index in [2.05, 4.69) is 6.08 Å². The van der Waals surface area contributed by atoms with Crippen molar-refractivity contribution in [3.63, 3.8) is 0 Å². The Morgan fingerprint density at radius 1 is 1.31 bits per heavy atom. The Balaban J connectivity index is 2.16. The van der Waals surface area contributed by atoms with Crippen LogP contribution in [0.3, 0.4) is 0 Å². The van der Waals surface area contributed by atoms with Crippen LogP contribution in [-0.2, 0) is 0 Å². The van der Waals surface area contributed by atoms with Gasteiger partial charge >= 0.3 is 0 Å². The average molecular weight is 235 g/mol.